The highest BCUT2D eigenvalue weighted by atomic mass is 79.9. The number of nitrogens with one attached hydrogen (secondary N) is 1. The van der Waals surface area contributed by atoms with Gasteiger partial charge in [0.2, 0.25) is 5.78 Å². The standard InChI is InChI=1S/C19H24NO5.C11H15NO2.BrH/c1-13(21)25-18-12-20(9-7-15(18)8-10-20)11-17(22)14-3-5-16(6-4-14)19(23)24-2;1-11(2,3)14-10(13)12-9-7-5-4-6-8-9;/h3-6,15,18H,7-12H2,1-2H3;4-8H,1-3H3,(H,12,13);1H/q+1;;/p-1/t15?,18-,20?;;/m0../s1. The summed E-state index contributed by atoms with van der Waals surface area (Å²) in [4.78, 5) is 46.8. The molecule has 5 rings (SSSR count). The maximum absolute atomic E-state index is 12.7. The molecule has 0 aliphatic carbocycles. The number of ketones is 1. The Morgan fingerprint density at radius 1 is 0.925 bits per heavy atom. The van der Waals surface area contributed by atoms with Crippen LogP contribution in [0.4, 0.5) is 10.5 Å². The maximum Gasteiger partial charge on any atom is 0.412 e. The number of hydrogen-bond acceptors (Lipinski definition) is 7. The molecule has 2 bridgehead atoms. The van der Waals surface area contributed by atoms with Crippen molar-refractivity contribution in [2.75, 3.05) is 38.6 Å². The second-order valence-corrected chi connectivity index (χ2v) is 11.1. The molecular formula is C30H39BrN2O7. The van der Waals surface area contributed by atoms with Gasteiger partial charge in [0.25, 0.3) is 0 Å². The number of fused-ring (bicyclic) bond motifs is 3. The zero-order chi connectivity index (χ0) is 28.6. The number of para-hydroxylation sites is 1. The van der Waals surface area contributed by atoms with E-state index >= 15 is 0 Å². The second-order valence-electron chi connectivity index (χ2n) is 11.1. The molecule has 2 aromatic carbocycles. The third-order valence-corrected chi connectivity index (χ3v) is 6.88. The number of Topliss-reactive ketones (excluding diaryl/α,β-unsaturated/α-hetero) is 1. The number of piperidine rings is 3. The van der Waals surface area contributed by atoms with Crippen LogP contribution in [0.5, 0.6) is 0 Å². The van der Waals surface area contributed by atoms with E-state index in [0.29, 0.717) is 28.1 Å². The average Bonchev–Trinajstić information content (AvgIpc) is 2.88. The molecule has 1 amide bonds. The van der Waals surface area contributed by atoms with Gasteiger partial charge in [-0.3, -0.25) is 14.9 Å². The summed E-state index contributed by atoms with van der Waals surface area (Å²) < 4.78 is 15.9. The highest BCUT2D eigenvalue weighted by molar-refractivity contribution is 5.98. The smallest absolute Gasteiger partial charge is 0.412 e. The van der Waals surface area contributed by atoms with Gasteiger partial charge in [-0.05, 0) is 45.0 Å². The zero-order valence-corrected chi connectivity index (χ0v) is 25.4. The van der Waals surface area contributed by atoms with Crippen LogP contribution in [0.1, 0.15) is 61.3 Å². The van der Waals surface area contributed by atoms with Gasteiger partial charge in [-0.1, -0.05) is 30.3 Å². The summed E-state index contributed by atoms with van der Waals surface area (Å²) >= 11 is 0. The van der Waals surface area contributed by atoms with Crippen LogP contribution in [0, 0.1) is 5.92 Å². The Kier molecular flexibility index (Phi) is 11.9. The number of esters is 2. The molecule has 1 N–H and O–H groups in total. The van der Waals surface area contributed by atoms with Crippen LogP contribution in [0.15, 0.2) is 54.6 Å². The normalized spacial score (nSPS) is 21.0. The van der Waals surface area contributed by atoms with Crippen LogP contribution in [-0.2, 0) is 19.0 Å². The first-order valence-electron chi connectivity index (χ1n) is 13.2. The number of benzene rings is 2. The van der Waals surface area contributed by atoms with Gasteiger partial charge < -0.3 is 35.7 Å². The quantitative estimate of drug-likeness (QED) is 0.228. The van der Waals surface area contributed by atoms with Crippen molar-refractivity contribution in [2.24, 2.45) is 5.92 Å². The Morgan fingerprint density at radius 3 is 2.02 bits per heavy atom. The van der Waals surface area contributed by atoms with E-state index in [1.807, 2.05) is 51.1 Å². The van der Waals surface area contributed by atoms with Crippen molar-refractivity contribution in [2.45, 2.75) is 52.2 Å². The van der Waals surface area contributed by atoms with Crippen molar-refractivity contribution in [1.29, 1.82) is 0 Å². The molecule has 40 heavy (non-hydrogen) atoms. The summed E-state index contributed by atoms with van der Waals surface area (Å²) in [5.74, 6) is -0.179. The second kappa shape index (κ2) is 14.4. The van der Waals surface area contributed by atoms with E-state index in [9.17, 15) is 19.2 Å². The molecule has 0 unspecified atom stereocenters. The van der Waals surface area contributed by atoms with E-state index in [4.69, 9.17) is 9.47 Å². The van der Waals surface area contributed by atoms with E-state index in [0.717, 1.165) is 38.2 Å². The van der Waals surface area contributed by atoms with Crippen LogP contribution in [0.2, 0.25) is 0 Å². The van der Waals surface area contributed by atoms with Crippen molar-refractivity contribution < 1.29 is 54.9 Å². The Labute approximate surface area is 246 Å². The number of methoxy groups -OCH3 is 1. The maximum atomic E-state index is 12.7. The van der Waals surface area contributed by atoms with Crippen LogP contribution in [-0.4, -0.2) is 73.3 Å². The molecule has 10 heteroatoms. The first kappa shape index (κ1) is 33.0. The van der Waals surface area contributed by atoms with Gasteiger partial charge in [-0.25, -0.2) is 9.59 Å². The van der Waals surface area contributed by atoms with Crippen LogP contribution < -0.4 is 22.3 Å². The van der Waals surface area contributed by atoms with Crippen molar-refractivity contribution in [1.82, 2.24) is 0 Å². The third-order valence-electron chi connectivity index (χ3n) is 6.88. The molecule has 3 aliphatic rings. The number of carbonyl (C=O) groups excluding carboxylic acids is 4. The van der Waals surface area contributed by atoms with Gasteiger partial charge >= 0.3 is 18.0 Å². The van der Waals surface area contributed by atoms with Crippen LogP contribution in [0.25, 0.3) is 0 Å². The number of anilines is 1. The Balaban J connectivity index is 0.000000320. The van der Waals surface area contributed by atoms with Gasteiger partial charge in [-0.15, -0.1) is 0 Å². The molecule has 2 aromatic rings. The molecule has 0 spiro atoms. The Hall–Kier alpha value is -3.24. The van der Waals surface area contributed by atoms with Crippen molar-refractivity contribution in [3.63, 3.8) is 0 Å². The first-order valence-corrected chi connectivity index (χ1v) is 13.2. The molecule has 0 saturated carbocycles. The van der Waals surface area contributed by atoms with E-state index in [2.05, 4.69) is 10.1 Å². The molecule has 0 radical (unpaired) electrons. The topological polar surface area (TPSA) is 108 Å². The minimum Gasteiger partial charge on any atom is -1.00 e. The van der Waals surface area contributed by atoms with Crippen LogP contribution in [0.3, 0.4) is 0 Å². The summed E-state index contributed by atoms with van der Waals surface area (Å²) in [6.07, 6.45) is 1.48. The highest BCUT2D eigenvalue weighted by Crippen LogP contribution is 2.35. The number of rotatable bonds is 6. The van der Waals surface area contributed by atoms with Crippen molar-refractivity contribution in [3.8, 4) is 0 Å². The molecule has 3 saturated heterocycles. The molecule has 3 heterocycles. The molecule has 1 atom stereocenters. The number of halogens is 1. The van der Waals surface area contributed by atoms with Gasteiger partial charge in [0.05, 0.1) is 25.8 Å². The monoisotopic (exact) mass is 618 g/mol. The summed E-state index contributed by atoms with van der Waals surface area (Å²) in [5.41, 5.74) is 1.30. The number of quaternary nitrogens is 1. The number of hydrogen-bond donors (Lipinski definition) is 1. The summed E-state index contributed by atoms with van der Waals surface area (Å²) in [5, 5.41) is 2.64. The average molecular weight is 620 g/mol. The lowest BCUT2D eigenvalue weighted by atomic mass is 9.83. The van der Waals surface area contributed by atoms with Gasteiger partial charge in [0.15, 0.2) is 6.10 Å². The van der Waals surface area contributed by atoms with E-state index in [1.165, 1.54) is 14.0 Å². The van der Waals surface area contributed by atoms with E-state index < -0.39 is 17.7 Å². The number of amides is 1. The molecule has 0 aromatic heterocycles. The lowest BCUT2D eigenvalue weighted by Crippen LogP contribution is -3.00. The Morgan fingerprint density at radius 2 is 1.50 bits per heavy atom. The SMILES string of the molecule is CC(C)(C)OC(=O)Nc1ccccc1.COC(=O)c1ccc(C(=O)C[N+]23CCC(CC2)[C@@H](OC(C)=O)C3)cc1.[Br-]. The van der Waals surface area contributed by atoms with Crippen molar-refractivity contribution in [3.05, 3.63) is 65.7 Å². The first-order chi connectivity index (χ1) is 18.4. The third kappa shape index (κ3) is 9.75. The van der Waals surface area contributed by atoms with E-state index in [-0.39, 0.29) is 34.8 Å². The number of ether oxygens (including phenoxy) is 3. The van der Waals surface area contributed by atoms with Gasteiger partial charge in [-0.2, -0.15) is 0 Å². The molecule has 3 fully saturated rings. The molecular weight excluding hydrogens is 580 g/mol. The predicted molar refractivity (Wildman–Crippen MR) is 146 cm³/mol. The fourth-order valence-corrected chi connectivity index (χ4v) is 5.04. The minimum atomic E-state index is -0.459. The molecule has 3 aliphatic heterocycles. The largest absolute Gasteiger partial charge is 1.00 e. The van der Waals surface area contributed by atoms with Crippen molar-refractivity contribution >= 4 is 29.5 Å². The van der Waals surface area contributed by atoms with Gasteiger partial charge in [0.1, 0.15) is 18.7 Å². The highest BCUT2D eigenvalue weighted by Gasteiger charge is 2.48. The molecule has 9 nitrogen and oxygen atoms in total. The zero-order valence-electron chi connectivity index (χ0n) is 23.8. The summed E-state index contributed by atoms with van der Waals surface area (Å²) in [7, 11) is 1.33. The minimum absolute atomic E-state index is 0. The van der Waals surface area contributed by atoms with Gasteiger partial charge in [0, 0.05) is 36.9 Å². The number of carbonyl (C=O) groups is 4. The van der Waals surface area contributed by atoms with Crippen LogP contribution >= 0.6 is 0 Å². The lowest BCUT2D eigenvalue weighted by Gasteiger charge is -2.51. The fourth-order valence-electron chi connectivity index (χ4n) is 5.04. The summed E-state index contributed by atoms with van der Waals surface area (Å²) in [6.45, 7) is 9.96. The predicted octanol–water partition coefficient (Wildman–Crippen LogP) is 1.87. The molecule has 218 valence electrons. The van der Waals surface area contributed by atoms with E-state index in [1.54, 1.807) is 24.3 Å². The number of nitrogens with zero attached hydrogens (tertiary/aromatic N) is 1. The Bertz CT molecular complexity index is 1150. The summed E-state index contributed by atoms with van der Waals surface area (Å²) in [6, 6.07) is 15.8. The fraction of sp³-hybridized carbons (Fsp3) is 0.467. The lowest BCUT2D eigenvalue weighted by molar-refractivity contribution is -0.938.